The molecule has 18 heavy (non-hydrogen) atoms. The molecule has 0 spiro atoms. The molecule has 2 atom stereocenters. The van der Waals surface area contributed by atoms with E-state index >= 15 is 0 Å². The molecular weight excluding hydrogens is 230 g/mol. The van der Waals surface area contributed by atoms with Crippen molar-refractivity contribution in [3.63, 3.8) is 0 Å². The molecule has 2 unspecified atom stereocenters. The van der Waals surface area contributed by atoms with Crippen molar-refractivity contribution >= 4 is 11.8 Å². The number of rotatable bonds is 5. The fourth-order valence-corrected chi connectivity index (χ4v) is 2.70. The van der Waals surface area contributed by atoms with Crippen LogP contribution in [0.1, 0.15) is 32.1 Å². The molecular formula is C13H25N3O2. The summed E-state index contributed by atoms with van der Waals surface area (Å²) in [7, 11) is 3.28. The van der Waals surface area contributed by atoms with Gasteiger partial charge in [-0.1, -0.05) is 12.8 Å². The van der Waals surface area contributed by atoms with Crippen molar-refractivity contribution < 1.29 is 9.59 Å². The Morgan fingerprint density at radius 2 is 2.11 bits per heavy atom. The Bertz CT molecular complexity index is 292. The van der Waals surface area contributed by atoms with E-state index in [1.807, 2.05) is 0 Å². The number of likely N-dealkylation sites (N-methyl/N-ethyl adjacent to an activating group) is 2. The molecule has 0 heterocycles. The number of carbonyl (C=O) groups excluding carboxylic acids is 2. The highest BCUT2D eigenvalue weighted by Crippen LogP contribution is 2.31. The molecule has 0 aromatic heterocycles. The maximum atomic E-state index is 12.2. The monoisotopic (exact) mass is 255 g/mol. The third kappa shape index (κ3) is 4.29. The maximum Gasteiger partial charge on any atom is 0.239 e. The van der Waals surface area contributed by atoms with Crippen LogP contribution < -0.4 is 11.1 Å². The second-order valence-electron chi connectivity index (χ2n) is 5.17. The van der Waals surface area contributed by atoms with Crippen LogP contribution in [0.5, 0.6) is 0 Å². The molecule has 5 nitrogen and oxygen atoms in total. The minimum atomic E-state index is -0.125. The van der Waals surface area contributed by atoms with Crippen LogP contribution in [0.15, 0.2) is 0 Å². The lowest BCUT2D eigenvalue weighted by Crippen LogP contribution is -2.41. The van der Waals surface area contributed by atoms with Gasteiger partial charge in [0.25, 0.3) is 0 Å². The molecule has 0 bridgehead atoms. The summed E-state index contributed by atoms with van der Waals surface area (Å²) in [6.07, 6.45) is 5.14. The Hall–Kier alpha value is -1.10. The van der Waals surface area contributed by atoms with Gasteiger partial charge in [-0.05, 0) is 31.7 Å². The van der Waals surface area contributed by atoms with Crippen molar-refractivity contribution in [2.45, 2.75) is 32.1 Å². The third-order valence-corrected chi connectivity index (χ3v) is 3.74. The predicted octanol–water partition coefficient (Wildman–Crippen LogP) is 0.346. The van der Waals surface area contributed by atoms with Gasteiger partial charge in [0.1, 0.15) is 0 Å². The fourth-order valence-electron chi connectivity index (χ4n) is 2.70. The molecule has 0 aliphatic heterocycles. The van der Waals surface area contributed by atoms with E-state index in [0.29, 0.717) is 12.5 Å². The van der Waals surface area contributed by atoms with E-state index in [0.717, 1.165) is 25.7 Å². The van der Waals surface area contributed by atoms with Crippen molar-refractivity contribution in [2.24, 2.45) is 17.6 Å². The van der Waals surface area contributed by atoms with Crippen LogP contribution in [0.3, 0.4) is 0 Å². The van der Waals surface area contributed by atoms with E-state index in [4.69, 9.17) is 5.73 Å². The highest BCUT2D eigenvalue weighted by Gasteiger charge is 2.29. The number of carbonyl (C=O) groups is 2. The molecule has 0 saturated heterocycles. The van der Waals surface area contributed by atoms with Gasteiger partial charge in [0, 0.05) is 20.0 Å². The van der Waals surface area contributed by atoms with Crippen LogP contribution in [-0.4, -0.2) is 43.9 Å². The smallest absolute Gasteiger partial charge is 0.239 e. The minimum Gasteiger partial charge on any atom is -0.358 e. The first-order valence-corrected chi connectivity index (χ1v) is 6.74. The average Bonchev–Trinajstić information content (AvgIpc) is 2.38. The Labute approximate surface area is 109 Å². The number of nitrogens with one attached hydrogen (secondary N) is 1. The quantitative estimate of drug-likeness (QED) is 0.744. The molecule has 1 aliphatic carbocycles. The number of amides is 2. The van der Waals surface area contributed by atoms with Gasteiger partial charge in [-0.25, -0.2) is 0 Å². The first-order valence-electron chi connectivity index (χ1n) is 6.74. The Kier molecular flexibility index (Phi) is 6.12. The first kappa shape index (κ1) is 15.0. The molecule has 104 valence electrons. The molecule has 3 N–H and O–H groups in total. The summed E-state index contributed by atoms with van der Waals surface area (Å²) in [5, 5.41) is 2.53. The fraction of sp³-hybridized carbons (Fsp3) is 0.846. The second kappa shape index (κ2) is 7.36. The topological polar surface area (TPSA) is 75.4 Å². The second-order valence-corrected chi connectivity index (χ2v) is 5.17. The molecule has 1 fully saturated rings. The van der Waals surface area contributed by atoms with Gasteiger partial charge in [0.05, 0.1) is 6.54 Å². The highest BCUT2D eigenvalue weighted by atomic mass is 16.2. The average molecular weight is 255 g/mol. The first-order chi connectivity index (χ1) is 8.58. The van der Waals surface area contributed by atoms with Gasteiger partial charge in [0.15, 0.2) is 0 Å². The summed E-state index contributed by atoms with van der Waals surface area (Å²) < 4.78 is 0. The van der Waals surface area contributed by atoms with Crippen molar-refractivity contribution in [1.29, 1.82) is 0 Å². The van der Waals surface area contributed by atoms with Crippen molar-refractivity contribution in [2.75, 3.05) is 27.2 Å². The lowest BCUT2D eigenvalue weighted by molar-refractivity contribution is -0.139. The summed E-state index contributed by atoms with van der Waals surface area (Å²) in [5.41, 5.74) is 5.58. The Balaban J connectivity index is 2.47. The largest absolute Gasteiger partial charge is 0.358 e. The molecule has 0 aromatic carbocycles. The maximum absolute atomic E-state index is 12.2. The number of hydrogen-bond donors (Lipinski definition) is 2. The van der Waals surface area contributed by atoms with E-state index in [2.05, 4.69) is 5.32 Å². The third-order valence-electron chi connectivity index (χ3n) is 3.74. The molecule has 0 radical (unpaired) electrons. The van der Waals surface area contributed by atoms with Crippen LogP contribution in [-0.2, 0) is 9.59 Å². The summed E-state index contributed by atoms with van der Waals surface area (Å²) in [5.74, 6) is 0.622. The van der Waals surface area contributed by atoms with Gasteiger partial charge in [0.2, 0.25) is 11.8 Å². The minimum absolute atomic E-state index is 0.0740. The van der Waals surface area contributed by atoms with Crippen LogP contribution in [0.25, 0.3) is 0 Å². The summed E-state index contributed by atoms with van der Waals surface area (Å²) in [6.45, 7) is 0.840. The zero-order valence-corrected chi connectivity index (χ0v) is 11.4. The van der Waals surface area contributed by atoms with E-state index in [9.17, 15) is 9.59 Å². The van der Waals surface area contributed by atoms with Crippen LogP contribution in [0.2, 0.25) is 0 Å². The van der Waals surface area contributed by atoms with Gasteiger partial charge in [-0.2, -0.15) is 0 Å². The summed E-state index contributed by atoms with van der Waals surface area (Å²) >= 11 is 0. The SMILES string of the molecule is CNC(=O)CN(C)C(=O)C1CCCC(CCN)C1. The lowest BCUT2D eigenvalue weighted by atomic mass is 9.79. The number of nitrogens with zero attached hydrogens (tertiary/aromatic N) is 1. The molecule has 1 rings (SSSR count). The Morgan fingerprint density at radius 3 is 2.72 bits per heavy atom. The highest BCUT2D eigenvalue weighted by molar-refractivity contribution is 5.85. The van der Waals surface area contributed by atoms with E-state index in [-0.39, 0.29) is 24.3 Å². The molecule has 1 saturated carbocycles. The standard InChI is InChI=1S/C13H25N3O2/c1-15-12(17)9-16(2)13(18)11-5-3-4-10(8-11)6-7-14/h10-11H,3-9,14H2,1-2H3,(H,15,17). The van der Waals surface area contributed by atoms with E-state index in [1.165, 1.54) is 11.3 Å². The molecule has 2 amide bonds. The van der Waals surface area contributed by atoms with E-state index in [1.54, 1.807) is 14.1 Å². The Morgan fingerprint density at radius 1 is 1.39 bits per heavy atom. The zero-order valence-electron chi connectivity index (χ0n) is 11.4. The van der Waals surface area contributed by atoms with Crippen LogP contribution >= 0.6 is 0 Å². The number of hydrogen-bond acceptors (Lipinski definition) is 3. The lowest BCUT2D eigenvalue weighted by Gasteiger charge is -2.30. The summed E-state index contributed by atoms with van der Waals surface area (Å²) in [6, 6.07) is 0. The van der Waals surface area contributed by atoms with Gasteiger partial charge < -0.3 is 16.0 Å². The van der Waals surface area contributed by atoms with Gasteiger partial charge in [-0.3, -0.25) is 9.59 Å². The normalized spacial score (nSPS) is 23.5. The molecule has 1 aliphatic rings. The molecule has 5 heteroatoms. The van der Waals surface area contributed by atoms with Crippen LogP contribution in [0, 0.1) is 11.8 Å². The van der Waals surface area contributed by atoms with E-state index < -0.39 is 0 Å². The zero-order chi connectivity index (χ0) is 13.5. The van der Waals surface area contributed by atoms with Gasteiger partial charge in [-0.15, -0.1) is 0 Å². The predicted molar refractivity (Wildman–Crippen MR) is 70.8 cm³/mol. The van der Waals surface area contributed by atoms with Crippen molar-refractivity contribution in [3.05, 3.63) is 0 Å². The molecule has 0 aromatic rings. The number of nitrogens with two attached hydrogens (primary N) is 1. The van der Waals surface area contributed by atoms with Crippen molar-refractivity contribution in [1.82, 2.24) is 10.2 Å². The van der Waals surface area contributed by atoms with Gasteiger partial charge >= 0.3 is 0 Å². The van der Waals surface area contributed by atoms with Crippen LogP contribution in [0.4, 0.5) is 0 Å². The van der Waals surface area contributed by atoms with Crippen molar-refractivity contribution in [3.8, 4) is 0 Å². The summed E-state index contributed by atoms with van der Waals surface area (Å²) in [4.78, 5) is 25.0.